The maximum Gasteiger partial charge on any atom is 0.320 e. The highest BCUT2D eigenvalue weighted by molar-refractivity contribution is 5.73. The zero-order chi connectivity index (χ0) is 8.43. The van der Waals surface area contributed by atoms with Crippen LogP contribution in [0.15, 0.2) is 0 Å². The van der Waals surface area contributed by atoms with Gasteiger partial charge in [-0.2, -0.15) is 0 Å². The molecule has 62 valence electrons. The summed E-state index contributed by atoms with van der Waals surface area (Å²) < 4.78 is 0. The van der Waals surface area contributed by atoms with Crippen molar-refractivity contribution >= 4 is 5.97 Å². The molecule has 0 spiro atoms. The van der Waals surface area contributed by atoms with Crippen LogP contribution in [-0.2, 0) is 4.79 Å². The Morgan fingerprint density at radius 3 is 2.64 bits per heavy atom. The van der Waals surface area contributed by atoms with E-state index in [2.05, 4.69) is 5.32 Å². The minimum Gasteiger partial charge on any atom is -0.480 e. The second-order valence-corrected chi connectivity index (χ2v) is 2.47. The highest BCUT2D eigenvalue weighted by Gasteiger charge is 2.35. The number of carboxylic acid groups (broad SMARTS) is 1. The normalized spacial score (nSPS) is 30.2. The molecule has 0 radical (unpaired) electrons. The van der Waals surface area contributed by atoms with Crippen LogP contribution in [0.2, 0.25) is 0 Å². The smallest absolute Gasteiger partial charge is 0.320 e. The van der Waals surface area contributed by atoms with Crippen molar-refractivity contribution in [3.63, 3.8) is 0 Å². The van der Waals surface area contributed by atoms with Crippen LogP contribution in [-0.4, -0.2) is 34.6 Å². The first-order chi connectivity index (χ1) is 5.11. The van der Waals surface area contributed by atoms with Gasteiger partial charge in [-0.15, -0.1) is 0 Å². The third-order valence-corrected chi connectivity index (χ3v) is 1.70. The molecule has 1 aliphatic heterocycles. The second kappa shape index (κ2) is 2.83. The van der Waals surface area contributed by atoms with E-state index in [0.717, 1.165) is 0 Å². The molecular formula is C5H8N2O4. The molecule has 11 heavy (non-hydrogen) atoms. The van der Waals surface area contributed by atoms with E-state index in [9.17, 15) is 14.9 Å². The van der Waals surface area contributed by atoms with E-state index in [0.29, 0.717) is 0 Å². The first-order valence-electron chi connectivity index (χ1n) is 3.21. The van der Waals surface area contributed by atoms with Gasteiger partial charge in [-0.3, -0.25) is 20.2 Å². The van der Waals surface area contributed by atoms with Crippen molar-refractivity contribution in [1.82, 2.24) is 5.32 Å². The number of hydrogen-bond acceptors (Lipinski definition) is 4. The fourth-order valence-electron chi connectivity index (χ4n) is 1.07. The van der Waals surface area contributed by atoms with Crippen molar-refractivity contribution in [2.75, 3.05) is 6.54 Å². The van der Waals surface area contributed by atoms with Crippen molar-refractivity contribution in [2.45, 2.75) is 18.5 Å². The summed E-state index contributed by atoms with van der Waals surface area (Å²) in [7, 11) is 0. The Labute approximate surface area is 62.4 Å². The third kappa shape index (κ3) is 1.64. The van der Waals surface area contributed by atoms with Crippen molar-refractivity contribution < 1.29 is 14.8 Å². The number of nitro groups is 1. The fourth-order valence-corrected chi connectivity index (χ4v) is 1.07. The molecular weight excluding hydrogens is 152 g/mol. The molecule has 0 amide bonds. The van der Waals surface area contributed by atoms with E-state index in [4.69, 9.17) is 5.11 Å². The molecule has 2 N–H and O–H groups in total. The molecule has 0 saturated carbocycles. The van der Waals surface area contributed by atoms with Gasteiger partial charge in [-0.05, 0) is 0 Å². The van der Waals surface area contributed by atoms with Crippen LogP contribution in [0.5, 0.6) is 0 Å². The summed E-state index contributed by atoms with van der Waals surface area (Å²) in [5.41, 5.74) is 0. The van der Waals surface area contributed by atoms with Crippen LogP contribution in [0.1, 0.15) is 6.42 Å². The Morgan fingerprint density at radius 2 is 2.36 bits per heavy atom. The number of carboxylic acids is 1. The number of nitrogens with one attached hydrogen (secondary N) is 1. The Balaban J connectivity index is 2.47. The molecule has 0 aromatic carbocycles. The number of nitrogens with zero attached hydrogens (tertiary/aromatic N) is 1. The molecule has 2 unspecified atom stereocenters. The van der Waals surface area contributed by atoms with Crippen molar-refractivity contribution in [3.05, 3.63) is 10.1 Å². The monoisotopic (exact) mass is 160 g/mol. The van der Waals surface area contributed by atoms with Crippen LogP contribution in [0.3, 0.4) is 0 Å². The average Bonchev–Trinajstić information content (AvgIpc) is 2.33. The van der Waals surface area contributed by atoms with Crippen LogP contribution in [0.25, 0.3) is 0 Å². The number of hydrogen-bond donors (Lipinski definition) is 2. The third-order valence-electron chi connectivity index (χ3n) is 1.70. The van der Waals surface area contributed by atoms with E-state index < -0.39 is 23.0 Å². The zero-order valence-electron chi connectivity index (χ0n) is 5.69. The summed E-state index contributed by atoms with van der Waals surface area (Å²) in [6.45, 7) is 0.157. The van der Waals surface area contributed by atoms with Gasteiger partial charge in [0.15, 0.2) is 0 Å². The van der Waals surface area contributed by atoms with Gasteiger partial charge in [0, 0.05) is 11.3 Å². The molecule has 1 fully saturated rings. The first-order valence-corrected chi connectivity index (χ1v) is 3.21. The van der Waals surface area contributed by atoms with Crippen LogP contribution in [0.4, 0.5) is 0 Å². The number of aliphatic carboxylic acids is 1. The molecule has 2 atom stereocenters. The summed E-state index contributed by atoms with van der Waals surface area (Å²) >= 11 is 0. The lowest BCUT2D eigenvalue weighted by molar-refractivity contribution is -0.517. The summed E-state index contributed by atoms with van der Waals surface area (Å²) in [5.74, 6) is -1.02. The molecule has 1 saturated heterocycles. The first kappa shape index (κ1) is 7.93. The highest BCUT2D eigenvalue weighted by atomic mass is 16.6. The number of carbonyl (C=O) groups is 1. The molecule has 6 nitrogen and oxygen atoms in total. The topological polar surface area (TPSA) is 92.5 Å². The molecule has 1 heterocycles. The maximum absolute atomic E-state index is 10.3. The van der Waals surface area contributed by atoms with E-state index in [1.165, 1.54) is 0 Å². The second-order valence-electron chi connectivity index (χ2n) is 2.47. The lowest BCUT2D eigenvalue weighted by Gasteiger charge is -1.99. The minimum absolute atomic E-state index is 0.0856. The Bertz CT molecular complexity index is 173. The minimum atomic E-state index is -1.02. The maximum atomic E-state index is 10.3. The number of rotatable bonds is 2. The van der Waals surface area contributed by atoms with Crippen LogP contribution in [0, 0.1) is 10.1 Å². The van der Waals surface area contributed by atoms with Crippen LogP contribution >= 0.6 is 0 Å². The Morgan fingerprint density at radius 1 is 1.73 bits per heavy atom. The fraction of sp³-hybridized carbons (Fsp3) is 0.800. The van der Waals surface area contributed by atoms with Gasteiger partial charge in [0.05, 0.1) is 6.54 Å². The zero-order valence-corrected chi connectivity index (χ0v) is 5.69. The average molecular weight is 160 g/mol. The van der Waals surface area contributed by atoms with Gasteiger partial charge >= 0.3 is 5.97 Å². The van der Waals surface area contributed by atoms with Gasteiger partial charge in [0.25, 0.3) is 0 Å². The lowest BCUT2D eigenvalue weighted by atomic mass is 10.2. The summed E-state index contributed by atoms with van der Waals surface area (Å²) in [5, 5.41) is 21.1. The van der Waals surface area contributed by atoms with Crippen molar-refractivity contribution in [1.29, 1.82) is 0 Å². The van der Waals surface area contributed by atoms with Gasteiger partial charge < -0.3 is 5.11 Å². The van der Waals surface area contributed by atoms with E-state index in [1.807, 2.05) is 0 Å². The van der Waals surface area contributed by atoms with Gasteiger partial charge in [-0.1, -0.05) is 0 Å². The standard InChI is InChI=1S/C5H8N2O4/c8-5(9)4-1-3(2-6-4)7(10)11/h3-4,6H,1-2H2,(H,8,9). The molecule has 1 rings (SSSR count). The Kier molecular flexibility index (Phi) is 2.04. The predicted octanol–water partition coefficient (Wildman–Crippen LogP) is -0.922. The molecule has 1 aliphatic rings. The molecule has 0 aromatic rings. The van der Waals surface area contributed by atoms with Gasteiger partial charge in [-0.25, -0.2) is 0 Å². The molecule has 0 aromatic heterocycles. The molecule has 0 bridgehead atoms. The van der Waals surface area contributed by atoms with Crippen molar-refractivity contribution in [3.8, 4) is 0 Å². The van der Waals surface area contributed by atoms with E-state index in [1.54, 1.807) is 0 Å². The SMILES string of the molecule is O=C(O)C1CC([N+](=O)[O-])CN1. The summed E-state index contributed by atoms with van der Waals surface area (Å²) in [4.78, 5) is 20.0. The Hall–Kier alpha value is -1.17. The largest absolute Gasteiger partial charge is 0.480 e. The predicted molar refractivity (Wildman–Crippen MR) is 34.8 cm³/mol. The van der Waals surface area contributed by atoms with Crippen molar-refractivity contribution in [2.24, 2.45) is 0 Å². The molecule has 6 heteroatoms. The van der Waals surface area contributed by atoms with Gasteiger partial charge in [0.2, 0.25) is 6.04 Å². The molecule has 0 aliphatic carbocycles. The quantitative estimate of drug-likeness (QED) is 0.402. The van der Waals surface area contributed by atoms with Crippen LogP contribution < -0.4 is 5.32 Å². The van der Waals surface area contributed by atoms with Gasteiger partial charge in [0.1, 0.15) is 6.04 Å². The van der Waals surface area contributed by atoms with E-state index >= 15 is 0 Å². The summed E-state index contributed by atoms with van der Waals surface area (Å²) in [6.07, 6.45) is 0.0856. The lowest BCUT2D eigenvalue weighted by Crippen LogP contribution is -2.30. The summed E-state index contributed by atoms with van der Waals surface area (Å²) in [6, 6.07) is -1.48. The highest BCUT2D eigenvalue weighted by Crippen LogP contribution is 2.08. The van der Waals surface area contributed by atoms with E-state index in [-0.39, 0.29) is 13.0 Å².